The Morgan fingerprint density at radius 3 is 2.76 bits per heavy atom. The van der Waals surface area contributed by atoms with Gasteiger partial charge in [-0.1, -0.05) is 22.9 Å². The van der Waals surface area contributed by atoms with Crippen molar-refractivity contribution in [3.8, 4) is 0 Å². The monoisotopic (exact) mass is 324 g/mol. The van der Waals surface area contributed by atoms with Gasteiger partial charge in [0.25, 0.3) is 0 Å². The molecule has 0 unspecified atom stereocenters. The molecule has 0 aliphatic carbocycles. The van der Waals surface area contributed by atoms with Crippen molar-refractivity contribution in [1.82, 2.24) is 9.47 Å². The summed E-state index contributed by atoms with van der Waals surface area (Å²) < 4.78 is 2.13. The molecule has 0 radical (unpaired) electrons. The van der Waals surface area contributed by atoms with E-state index in [1.807, 2.05) is 5.94 Å². The van der Waals surface area contributed by atoms with Gasteiger partial charge in [0.1, 0.15) is 0 Å². The van der Waals surface area contributed by atoms with Crippen LogP contribution in [0.15, 0.2) is 23.0 Å². The lowest BCUT2D eigenvalue weighted by atomic mass is 10.1. The molecule has 7 heteroatoms. The number of carbonyl (C=O) groups excluding carboxylic acids is 1. The van der Waals surface area contributed by atoms with Gasteiger partial charge in [-0.25, -0.2) is 9.36 Å². The van der Waals surface area contributed by atoms with Crippen LogP contribution in [0.4, 0.5) is 0 Å². The highest BCUT2D eigenvalue weighted by molar-refractivity contribution is 7.16. The number of nitrogens with zero attached hydrogens (tertiary/aromatic N) is 2. The topological polar surface area (TPSA) is 62.5 Å². The van der Waals surface area contributed by atoms with Crippen molar-refractivity contribution in [1.29, 1.82) is 0 Å². The molecule has 1 aromatic heterocycles. The van der Waals surface area contributed by atoms with E-state index in [0.29, 0.717) is 36.5 Å². The maximum atomic E-state index is 12.2. The minimum absolute atomic E-state index is 0.195. The Morgan fingerprint density at radius 2 is 2.10 bits per heavy atom. The molecule has 0 spiro atoms. The third-order valence-electron chi connectivity index (χ3n) is 3.61. The summed E-state index contributed by atoms with van der Waals surface area (Å²) in [6.45, 7) is 1.05. The van der Waals surface area contributed by atoms with E-state index in [4.69, 9.17) is 11.6 Å². The predicted molar refractivity (Wildman–Crippen MR) is 83.3 cm³/mol. The molecule has 0 amide bonds. The molecular formula is C14H13ClN2O3S. The first-order chi connectivity index (χ1) is 10.1. The molecular weight excluding hydrogens is 312 g/mol. The second-order valence-corrected chi connectivity index (χ2v) is 6.39. The van der Waals surface area contributed by atoms with E-state index in [9.17, 15) is 14.7 Å². The summed E-state index contributed by atoms with van der Waals surface area (Å²) in [5.74, 6) is 2.07. The highest BCUT2D eigenvalue weighted by Crippen LogP contribution is 2.25. The van der Waals surface area contributed by atoms with Crippen LogP contribution >= 0.6 is 22.9 Å². The maximum Gasteiger partial charge on any atom is 0.314 e. The number of rotatable bonds is 2. The smallest absolute Gasteiger partial charge is 0.314 e. The Balaban J connectivity index is 2.09. The van der Waals surface area contributed by atoms with Crippen LogP contribution in [-0.4, -0.2) is 39.7 Å². The van der Waals surface area contributed by atoms with Crippen molar-refractivity contribution in [2.75, 3.05) is 13.1 Å². The number of hydrogen-bond donors (Lipinski definition) is 1. The van der Waals surface area contributed by atoms with E-state index in [1.54, 1.807) is 23.1 Å². The van der Waals surface area contributed by atoms with Crippen LogP contribution in [0.3, 0.4) is 0 Å². The second kappa shape index (κ2) is 5.66. The molecule has 2 aromatic rings. The van der Waals surface area contributed by atoms with Crippen LogP contribution in [0.2, 0.25) is 5.02 Å². The number of fused-ring (bicyclic) bond motifs is 1. The molecule has 0 bridgehead atoms. The standard InChI is InChI=1S/C14H13ClN2O3S/c15-9-1-2-12-11(7-9)17(14(20)21-12)13(8-18)16-5-3-10(19)4-6-16/h1-2,7,10,19H,3-6H2. The number of hydrogen-bond acceptors (Lipinski definition) is 5. The lowest BCUT2D eigenvalue weighted by Crippen LogP contribution is -2.38. The molecule has 5 nitrogen and oxygen atoms in total. The third kappa shape index (κ3) is 2.63. The largest absolute Gasteiger partial charge is 0.393 e. The number of aromatic nitrogens is 1. The Kier molecular flexibility index (Phi) is 3.87. The first kappa shape index (κ1) is 14.4. The number of piperidine rings is 1. The lowest BCUT2D eigenvalue weighted by Gasteiger charge is -2.31. The van der Waals surface area contributed by atoms with Crippen molar-refractivity contribution in [3.63, 3.8) is 0 Å². The van der Waals surface area contributed by atoms with E-state index < -0.39 is 0 Å². The van der Waals surface area contributed by atoms with E-state index in [1.165, 1.54) is 4.57 Å². The van der Waals surface area contributed by atoms with Crippen molar-refractivity contribution < 1.29 is 9.90 Å². The summed E-state index contributed by atoms with van der Waals surface area (Å²) in [5, 5.41) is 10.1. The Bertz CT molecular complexity index is 783. The Hall–Kier alpha value is -1.59. The normalized spacial score (nSPS) is 16.2. The molecule has 1 N–H and O–H groups in total. The molecule has 2 heterocycles. The van der Waals surface area contributed by atoms with Crippen molar-refractivity contribution in [3.05, 3.63) is 32.9 Å². The minimum Gasteiger partial charge on any atom is -0.393 e. The van der Waals surface area contributed by atoms with Gasteiger partial charge >= 0.3 is 4.87 Å². The van der Waals surface area contributed by atoms with Gasteiger partial charge in [-0.15, -0.1) is 0 Å². The van der Waals surface area contributed by atoms with Gasteiger partial charge in [-0.05, 0) is 31.0 Å². The number of halogens is 1. The summed E-state index contributed by atoms with van der Waals surface area (Å²) in [5.41, 5.74) is 0.613. The zero-order chi connectivity index (χ0) is 15.0. The van der Waals surface area contributed by atoms with E-state index in [-0.39, 0.29) is 16.8 Å². The highest BCUT2D eigenvalue weighted by Gasteiger charge is 2.23. The molecule has 1 aliphatic heterocycles. The Morgan fingerprint density at radius 1 is 1.38 bits per heavy atom. The zero-order valence-electron chi connectivity index (χ0n) is 11.1. The quantitative estimate of drug-likeness (QED) is 0.856. The number of likely N-dealkylation sites (tertiary alicyclic amines) is 1. The van der Waals surface area contributed by atoms with Crippen LogP contribution in [0.25, 0.3) is 16.0 Å². The zero-order valence-corrected chi connectivity index (χ0v) is 12.7. The molecule has 1 aliphatic rings. The molecule has 3 rings (SSSR count). The number of aliphatic hydroxyl groups is 1. The van der Waals surface area contributed by atoms with Crippen LogP contribution in [-0.2, 0) is 4.79 Å². The fourth-order valence-electron chi connectivity index (χ4n) is 2.52. The van der Waals surface area contributed by atoms with Gasteiger partial charge in [0, 0.05) is 18.1 Å². The minimum atomic E-state index is -0.348. The van der Waals surface area contributed by atoms with Crippen LogP contribution in [0.1, 0.15) is 12.8 Å². The number of thiazole rings is 1. The Labute approximate surface area is 129 Å². The molecule has 110 valence electrons. The summed E-state index contributed by atoms with van der Waals surface area (Å²) in [4.78, 5) is 25.2. The summed E-state index contributed by atoms with van der Waals surface area (Å²) in [7, 11) is 0. The van der Waals surface area contributed by atoms with Gasteiger partial charge in [-0.3, -0.25) is 4.79 Å². The van der Waals surface area contributed by atoms with E-state index in [2.05, 4.69) is 0 Å². The van der Waals surface area contributed by atoms with Crippen LogP contribution in [0, 0.1) is 0 Å². The predicted octanol–water partition coefficient (Wildman–Crippen LogP) is 1.80. The van der Waals surface area contributed by atoms with E-state index >= 15 is 0 Å². The van der Waals surface area contributed by atoms with E-state index in [0.717, 1.165) is 16.0 Å². The highest BCUT2D eigenvalue weighted by atomic mass is 35.5. The van der Waals surface area contributed by atoms with Crippen LogP contribution < -0.4 is 4.87 Å². The average molecular weight is 325 g/mol. The molecule has 1 saturated heterocycles. The third-order valence-corrected chi connectivity index (χ3v) is 4.77. The molecule has 1 aromatic carbocycles. The summed E-state index contributed by atoms with van der Waals surface area (Å²) >= 11 is 7.06. The first-order valence-corrected chi connectivity index (χ1v) is 7.79. The van der Waals surface area contributed by atoms with Crippen LogP contribution in [0.5, 0.6) is 0 Å². The molecule has 1 fully saturated rings. The van der Waals surface area contributed by atoms with Gasteiger partial charge < -0.3 is 10.0 Å². The van der Waals surface area contributed by atoms with Crippen molar-refractivity contribution in [2.24, 2.45) is 0 Å². The van der Waals surface area contributed by atoms with Gasteiger partial charge in [-0.2, -0.15) is 0 Å². The fourth-order valence-corrected chi connectivity index (χ4v) is 3.54. The summed E-state index contributed by atoms with van der Waals surface area (Å²) in [6, 6.07) is 5.15. The molecule has 21 heavy (non-hydrogen) atoms. The number of aliphatic hydroxyl groups excluding tert-OH is 1. The van der Waals surface area contributed by atoms with Gasteiger partial charge in [0.15, 0.2) is 5.94 Å². The van der Waals surface area contributed by atoms with Gasteiger partial charge in [0.05, 0.1) is 16.3 Å². The SMILES string of the molecule is O=C=C(N1CCC(O)CC1)n1c(=O)sc2ccc(Cl)cc21. The average Bonchev–Trinajstić information content (AvgIpc) is 2.78. The lowest BCUT2D eigenvalue weighted by molar-refractivity contribution is 0.104. The van der Waals surface area contributed by atoms with Crippen molar-refractivity contribution in [2.45, 2.75) is 18.9 Å². The maximum absolute atomic E-state index is 12.2. The van der Waals surface area contributed by atoms with Crippen molar-refractivity contribution >= 4 is 44.9 Å². The first-order valence-electron chi connectivity index (χ1n) is 6.60. The van der Waals surface area contributed by atoms with Gasteiger partial charge in [0.2, 0.25) is 5.82 Å². The second-order valence-electron chi connectivity index (χ2n) is 4.96. The number of benzene rings is 1. The fraction of sp³-hybridized carbons (Fsp3) is 0.357. The summed E-state index contributed by atoms with van der Waals surface area (Å²) in [6.07, 6.45) is 0.797. The molecule has 0 saturated carbocycles. The molecule has 0 atom stereocenters.